The summed E-state index contributed by atoms with van der Waals surface area (Å²) in [7, 11) is 0. The third-order valence-electron chi connectivity index (χ3n) is 0.996. The highest BCUT2D eigenvalue weighted by Gasteiger charge is 2.30. The Bertz CT molecular complexity index is 167. The molecule has 0 amide bonds. The second kappa shape index (κ2) is 4.87. The van der Waals surface area contributed by atoms with E-state index in [9.17, 15) is 4.79 Å². The molecule has 0 aliphatic carbocycles. The quantitative estimate of drug-likeness (QED) is 0.332. The minimum atomic E-state index is -2.25. The SMILES string of the molecule is C=CC(=O)OC(O)(CO)OCC. The molecule has 0 aromatic heterocycles. The number of hydrogen-bond donors (Lipinski definition) is 2. The molecular weight excluding hydrogens is 164 g/mol. The van der Waals surface area contributed by atoms with E-state index in [1.165, 1.54) is 0 Å². The molecule has 5 heteroatoms. The Kier molecular flexibility index (Phi) is 4.50. The molecule has 5 nitrogen and oxygen atoms in total. The topological polar surface area (TPSA) is 76.0 Å². The van der Waals surface area contributed by atoms with Crippen LogP contribution >= 0.6 is 0 Å². The Morgan fingerprint density at radius 1 is 1.75 bits per heavy atom. The molecule has 0 bridgehead atoms. The van der Waals surface area contributed by atoms with Crippen LogP contribution in [0, 0.1) is 0 Å². The van der Waals surface area contributed by atoms with Crippen molar-refractivity contribution in [1.82, 2.24) is 0 Å². The smallest absolute Gasteiger partial charge is 0.351 e. The Labute approximate surface area is 70.2 Å². The van der Waals surface area contributed by atoms with Gasteiger partial charge in [0, 0.05) is 6.08 Å². The van der Waals surface area contributed by atoms with Crippen LogP contribution in [0.1, 0.15) is 6.92 Å². The maximum Gasteiger partial charge on any atom is 0.351 e. The predicted molar refractivity (Wildman–Crippen MR) is 40.0 cm³/mol. The minimum absolute atomic E-state index is 0.113. The second-order valence-corrected chi connectivity index (χ2v) is 1.93. The lowest BCUT2D eigenvalue weighted by atomic mass is 10.5. The number of aliphatic hydroxyl groups excluding tert-OH is 1. The van der Waals surface area contributed by atoms with Crippen molar-refractivity contribution in [2.75, 3.05) is 13.2 Å². The van der Waals surface area contributed by atoms with Crippen molar-refractivity contribution in [2.45, 2.75) is 12.9 Å². The zero-order valence-electron chi connectivity index (χ0n) is 6.82. The molecule has 2 N–H and O–H groups in total. The largest absolute Gasteiger partial charge is 0.403 e. The molecule has 0 aliphatic heterocycles. The fourth-order valence-corrected chi connectivity index (χ4v) is 0.532. The lowest BCUT2D eigenvalue weighted by Crippen LogP contribution is -2.41. The zero-order valence-corrected chi connectivity index (χ0v) is 6.82. The first-order chi connectivity index (χ1) is 5.58. The van der Waals surface area contributed by atoms with E-state index in [1.54, 1.807) is 6.92 Å². The Balaban J connectivity index is 4.12. The number of carbonyl (C=O) groups is 1. The van der Waals surface area contributed by atoms with Crippen molar-refractivity contribution in [2.24, 2.45) is 0 Å². The highest BCUT2D eigenvalue weighted by molar-refractivity contribution is 5.81. The van der Waals surface area contributed by atoms with Gasteiger partial charge in [0.25, 0.3) is 0 Å². The number of hydrogen-bond acceptors (Lipinski definition) is 5. The van der Waals surface area contributed by atoms with Crippen LogP contribution in [-0.4, -0.2) is 35.4 Å². The van der Waals surface area contributed by atoms with Crippen LogP contribution in [0.5, 0.6) is 0 Å². The van der Waals surface area contributed by atoms with Gasteiger partial charge < -0.3 is 19.7 Å². The van der Waals surface area contributed by atoms with Gasteiger partial charge in [-0.2, -0.15) is 0 Å². The van der Waals surface area contributed by atoms with Crippen LogP contribution in [-0.2, 0) is 14.3 Å². The molecule has 1 unspecified atom stereocenters. The van der Waals surface area contributed by atoms with Gasteiger partial charge in [0.1, 0.15) is 6.61 Å². The van der Waals surface area contributed by atoms with Crippen molar-refractivity contribution in [3.63, 3.8) is 0 Å². The summed E-state index contributed by atoms with van der Waals surface area (Å²) < 4.78 is 8.87. The second-order valence-electron chi connectivity index (χ2n) is 1.93. The van der Waals surface area contributed by atoms with E-state index >= 15 is 0 Å². The molecule has 0 radical (unpaired) electrons. The minimum Gasteiger partial charge on any atom is -0.403 e. The van der Waals surface area contributed by atoms with Crippen molar-refractivity contribution in [3.8, 4) is 0 Å². The van der Waals surface area contributed by atoms with Gasteiger partial charge in [0.15, 0.2) is 0 Å². The molecule has 0 rings (SSSR count). The highest BCUT2D eigenvalue weighted by Crippen LogP contribution is 2.08. The number of esters is 1. The van der Waals surface area contributed by atoms with Crippen LogP contribution in [0.3, 0.4) is 0 Å². The molecule has 0 fully saturated rings. The first-order valence-electron chi connectivity index (χ1n) is 3.40. The zero-order chi connectivity index (χ0) is 9.61. The predicted octanol–water partition coefficient (Wildman–Crippen LogP) is -0.610. The fourth-order valence-electron chi connectivity index (χ4n) is 0.532. The summed E-state index contributed by atoms with van der Waals surface area (Å²) in [6.07, 6.45) is 0.861. The van der Waals surface area contributed by atoms with E-state index in [-0.39, 0.29) is 6.61 Å². The summed E-state index contributed by atoms with van der Waals surface area (Å²) in [6.45, 7) is 4.00. The van der Waals surface area contributed by atoms with E-state index < -0.39 is 18.5 Å². The van der Waals surface area contributed by atoms with Gasteiger partial charge in [-0.15, -0.1) is 0 Å². The van der Waals surface area contributed by atoms with Crippen molar-refractivity contribution in [3.05, 3.63) is 12.7 Å². The molecule has 70 valence electrons. The molecular formula is C7H12O5. The van der Waals surface area contributed by atoms with Crippen molar-refractivity contribution < 1.29 is 24.5 Å². The average Bonchev–Trinajstić information content (AvgIpc) is 2.05. The molecule has 0 aromatic rings. The van der Waals surface area contributed by atoms with Crippen LogP contribution in [0.4, 0.5) is 0 Å². The number of carbonyl (C=O) groups excluding carboxylic acids is 1. The lowest BCUT2D eigenvalue weighted by Gasteiger charge is -2.23. The fraction of sp³-hybridized carbons (Fsp3) is 0.571. The van der Waals surface area contributed by atoms with Gasteiger partial charge >= 0.3 is 11.9 Å². The summed E-state index contributed by atoms with van der Waals surface area (Å²) in [5.74, 6) is -3.11. The molecule has 0 spiro atoms. The maximum atomic E-state index is 10.6. The molecule has 1 atom stereocenters. The normalized spacial score (nSPS) is 14.9. The lowest BCUT2D eigenvalue weighted by molar-refractivity contribution is -0.351. The Hall–Kier alpha value is -0.910. The first kappa shape index (κ1) is 11.1. The highest BCUT2D eigenvalue weighted by atomic mass is 16.8. The summed E-state index contributed by atoms with van der Waals surface area (Å²) in [4.78, 5) is 10.6. The van der Waals surface area contributed by atoms with Gasteiger partial charge in [0.05, 0.1) is 6.61 Å². The van der Waals surface area contributed by atoms with Crippen molar-refractivity contribution >= 4 is 5.97 Å². The van der Waals surface area contributed by atoms with E-state index in [2.05, 4.69) is 16.1 Å². The van der Waals surface area contributed by atoms with E-state index in [1.807, 2.05) is 0 Å². The first-order valence-corrected chi connectivity index (χ1v) is 3.40. The standard InChI is InChI=1S/C7H12O5/c1-3-6(9)12-7(10,5-8)11-4-2/h3,8,10H,1,4-5H2,2H3. The number of ether oxygens (including phenoxy) is 2. The van der Waals surface area contributed by atoms with Gasteiger partial charge in [0.2, 0.25) is 0 Å². The van der Waals surface area contributed by atoms with Crippen LogP contribution in [0.2, 0.25) is 0 Å². The summed E-state index contributed by atoms with van der Waals surface area (Å²) in [5.41, 5.74) is 0. The van der Waals surface area contributed by atoms with Gasteiger partial charge in [-0.05, 0) is 6.92 Å². The van der Waals surface area contributed by atoms with Crippen LogP contribution in [0.25, 0.3) is 0 Å². The Morgan fingerprint density at radius 3 is 2.67 bits per heavy atom. The summed E-state index contributed by atoms with van der Waals surface area (Å²) in [5, 5.41) is 17.7. The van der Waals surface area contributed by atoms with E-state index in [4.69, 9.17) is 10.2 Å². The van der Waals surface area contributed by atoms with Crippen LogP contribution < -0.4 is 0 Å². The monoisotopic (exact) mass is 176 g/mol. The number of aliphatic hydroxyl groups is 2. The third kappa shape index (κ3) is 3.47. The maximum absolute atomic E-state index is 10.6. The van der Waals surface area contributed by atoms with Gasteiger partial charge in [-0.1, -0.05) is 6.58 Å². The van der Waals surface area contributed by atoms with E-state index in [0.29, 0.717) is 0 Å². The van der Waals surface area contributed by atoms with Crippen LogP contribution in [0.15, 0.2) is 12.7 Å². The summed E-state index contributed by atoms with van der Waals surface area (Å²) >= 11 is 0. The number of rotatable bonds is 5. The van der Waals surface area contributed by atoms with Crippen molar-refractivity contribution in [1.29, 1.82) is 0 Å². The van der Waals surface area contributed by atoms with Gasteiger partial charge in [-0.3, -0.25) is 0 Å². The van der Waals surface area contributed by atoms with Gasteiger partial charge in [-0.25, -0.2) is 4.79 Å². The molecule has 0 saturated carbocycles. The third-order valence-corrected chi connectivity index (χ3v) is 0.996. The molecule has 0 saturated heterocycles. The van der Waals surface area contributed by atoms with E-state index in [0.717, 1.165) is 6.08 Å². The Morgan fingerprint density at radius 2 is 2.33 bits per heavy atom. The molecule has 0 heterocycles. The molecule has 0 aromatic carbocycles. The molecule has 12 heavy (non-hydrogen) atoms. The average molecular weight is 176 g/mol. The summed E-state index contributed by atoms with van der Waals surface area (Å²) in [6, 6.07) is 0. The molecule has 0 aliphatic rings.